The zero-order chi connectivity index (χ0) is 20.7. The maximum absolute atomic E-state index is 10.3. The van der Waals surface area contributed by atoms with E-state index in [-0.39, 0.29) is 17.5 Å². The Kier molecular flexibility index (Phi) is 4.47. The third kappa shape index (κ3) is 3.10. The van der Waals surface area contributed by atoms with E-state index in [4.69, 9.17) is 9.72 Å². The molecule has 0 fully saturated rings. The number of fused-ring (bicyclic) bond motifs is 3. The van der Waals surface area contributed by atoms with Crippen LogP contribution in [0.25, 0.3) is 33.8 Å². The summed E-state index contributed by atoms with van der Waals surface area (Å²) in [6.45, 7) is 0. The highest BCUT2D eigenvalue weighted by Crippen LogP contribution is 2.36. The summed E-state index contributed by atoms with van der Waals surface area (Å²) >= 11 is 0. The van der Waals surface area contributed by atoms with Crippen LogP contribution in [0.2, 0.25) is 0 Å². The van der Waals surface area contributed by atoms with Gasteiger partial charge in [0.1, 0.15) is 5.76 Å². The Hall–Kier alpha value is -3.67. The molecule has 0 unspecified atom stereocenters. The first-order chi connectivity index (χ1) is 14.6. The molecule has 0 spiro atoms. The van der Waals surface area contributed by atoms with Crippen molar-refractivity contribution >= 4 is 22.4 Å². The van der Waals surface area contributed by atoms with E-state index < -0.39 is 0 Å². The van der Waals surface area contributed by atoms with Crippen LogP contribution in [0.3, 0.4) is 0 Å². The van der Waals surface area contributed by atoms with E-state index in [1.807, 2.05) is 6.07 Å². The smallest absolute Gasteiger partial charge is 0.320 e. The zero-order valence-electron chi connectivity index (χ0n) is 16.6. The van der Waals surface area contributed by atoms with Crippen LogP contribution in [-0.2, 0) is 6.42 Å². The maximum Gasteiger partial charge on any atom is 0.320 e. The average Bonchev–Trinajstić information content (AvgIpc) is 2.78. The van der Waals surface area contributed by atoms with E-state index in [1.165, 1.54) is 29.7 Å². The van der Waals surface area contributed by atoms with Crippen molar-refractivity contribution in [3.8, 4) is 17.4 Å². The lowest BCUT2D eigenvalue weighted by molar-refractivity contribution is 0.365. The predicted octanol–water partition coefficient (Wildman–Crippen LogP) is 5.16. The largest absolute Gasteiger partial charge is 0.512 e. The molecule has 6 nitrogen and oxygen atoms in total. The fourth-order valence-electron chi connectivity index (χ4n) is 4.13. The lowest BCUT2D eigenvalue weighted by Crippen LogP contribution is -2.08. The lowest BCUT2D eigenvalue weighted by Gasteiger charge is -2.19. The van der Waals surface area contributed by atoms with Crippen molar-refractivity contribution in [3.05, 3.63) is 71.0 Å². The Morgan fingerprint density at radius 2 is 1.80 bits per heavy atom. The molecule has 2 N–H and O–H groups in total. The number of aromatic nitrogens is 3. The topological polar surface area (TPSA) is 88.4 Å². The van der Waals surface area contributed by atoms with Crippen LogP contribution in [0.1, 0.15) is 36.2 Å². The quantitative estimate of drug-likeness (QED) is 0.632. The van der Waals surface area contributed by atoms with Crippen molar-refractivity contribution in [3.63, 3.8) is 0 Å². The van der Waals surface area contributed by atoms with Gasteiger partial charge < -0.3 is 14.9 Å². The van der Waals surface area contributed by atoms with E-state index in [1.54, 1.807) is 0 Å². The molecule has 1 heterocycles. The van der Waals surface area contributed by atoms with E-state index in [2.05, 4.69) is 46.4 Å². The molecule has 0 aliphatic heterocycles. The van der Waals surface area contributed by atoms with Gasteiger partial charge in [0.2, 0.25) is 0 Å². The summed E-state index contributed by atoms with van der Waals surface area (Å²) in [6.07, 6.45) is 8.45. The van der Waals surface area contributed by atoms with Crippen molar-refractivity contribution < 1.29 is 14.9 Å². The number of hydrogen-bond acceptors (Lipinski definition) is 6. The van der Waals surface area contributed by atoms with Gasteiger partial charge >= 0.3 is 6.01 Å². The highest BCUT2D eigenvalue weighted by Gasteiger charge is 2.22. The van der Waals surface area contributed by atoms with Crippen molar-refractivity contribution in [2.45, 2.75) is 25.7 Å². The molecule has 1 aromatic heterocycles. The first kappa shape index (κ1) is 18.4. The van der Waals surface area contributed by atoms with Crippen LogP contribution in [0, 0.1) is 0 Å². The number of hydrogen-bond donors (Lipinski definition) is 2. The number of aliphatic hydroxyl groups is 2. The summed E-state index contributed by atoms with van der Waals surface area (Å²) in [4.78, 5) is 13.6. The number of nitrogens with zero attached hydrogens (tertiary/aromatic N) is 3. The van der Waals surface area contributed by atoms with Crippen LogP contribution < -0.4 is 4.74 Å². The van der Waals surface area contributed by atoms with E-state index in [0.29, 0.717) is 30.1 Å². The van der Waals surface area contributed by atoms with Crippen LogP contribution >= 0.6 is 0 Å². The average molecular weight is 399 g/mol. The zero-order valence-corrected chi connectivity index (χ0v) is 16.6. The van der Waals surface area contributed by atoms with Gasteiger partial charge in [-0.05, 0) is 47.2 Å². The van der Waals surface area contributed by atoms with Gasteiger partial charge in [0, 0.05) is 23.6 Å². The fraction of sp³-hybridized carbons (Fsp3) is 0.208. The minimum absolute atomic E-state index is 0.0265. The molecular formula is C24H21N3O3. The van der Waals surface area contributed by atoms with Gasteiger partial charge in [-0.1, -0.05) is 36.4 Å². The second-order valence-electron chi connectivity index (χ2n) is 7.45. The molecule has 0 bridgehead atoms. The van der Waals surface area contributed by atoms with Gasteiger partial charge in [0.25, 0.3) is 0 Å². The minimum atomic E-state index is -0.0265. The van der Waals surface area contributed by atoms with Crippen LogP contribution in [0.15, 0.2) is 54.0 Å². The monoisotopic (exact) mass is 399 g/mol. The first-order valence-corrected chi connectivity index (χ1v) is 9.97. The number of methoxy groups -OCH3 is 1. The van der Waals surface area contributed by atoms with Crippen LogP contribution in [0.5, 0.6) is 6.01 Å². The molecule has 0 atom stereocenters. The Labute approximate surface area is 173 Å². The Balaban J connectivity index is 1.75. The molecule has 6 heteroatoms. The van der Waals surface area contributed by atoms with Crippen molar-refractivity contribution in [1.29, 1.82) is 0 Å². The van der Waals surface area contributed by atoms with E-state index in [9.17, 15) is 10.2 Å². The molecule has 0 radical (unpaired) electrons. The fourth-order valence-corrected chi connectivity index (χ4v) is 4.13. The molecule has 0 amide bonds. The van der Waals surface area contributed by atoms with Gasteiger partial charge in [-0.15, -0.1) is 0 Å². The highest BCUT2D eigenvalue weighted by molar-refractivity contribution is 5.96. The second kappa shape index (κ2) is 7.30. The van der Waals surface area contributed by atoms with Gasteiger partial charge in [-0.3, -0.25) is 0 Å². The summed E-state index contributed by atoms with van der Waals surface area (Å²) in [5.41, 5.74) is 3.92. The normalized spacial score (nSPS) is 15.8. The predicted molar refractivity (Wildman–Crippen MR) is 116 cm³/mol. The van der Waals surface area contributed by atoms with Crippen LogP contribution in [0.4, 0.5) is 0 Å². The molecule has 5 rings (SSSR count). The number of aliphatic hydroxyl groups excluding tert-OH is 2. The van der Waals surface area contributed by atoms with Crippen molar-refractivity contribution in [1.82, 2.24) is 15.0 Å². The number of benzene rings is 2. The molecule has 30 heavy (non-hydrogen) atoms. The Morgan fingerprint density at radius 1 is 0.967 bits per heavy atom. The number of ether oxygens (including phenoxy) is 1. The summed E-state index contributed by atoms with van der Waals surface area (Å²) in [5.74, 6) is 1.01. The first-order valence-electron chi connectivity index (χ1n) is 9.97. The minimum Gasteiger partial charge on any atom is -0.512 e. The summed E-state index contributed by atoms with van der Waals surface area (Å²) in [5, 5.41) is 22.4. The maximum atomic E-state index is 10.3. The summed E-state index contributed by atoms with van der Waals surface area (Å²) in [7, 11) is 1.52. The molecule has 2 aromatic carbocycles. The molecule has 0 saturated heterocycles. The molecule has 0 saturated carbocycles. The van der Waals surface area contributed by atoms with Gasteiger partial charge in [0.15, 0.2) is 11.6 Å². The lowest BCUT2D eigenvalue weighted by atomic mass is 9.88. The van der Waals surface area contributed by atoms with Crippen LogP contribution in [-0.4, -0.2) is 32.3 Å². The second-order valence-corrected chi connectivity index (χ2v) is 7.45. The highest BCUT2D eigenvalue weighted by atomic mass is 16.5. The third-order valence-electron chi connectivity index (χ3n) is 5.60. The van der Waals surface area contributed by atoms with E-state index in [0.717, 1.165) is 23.8 Å². The SMILES string of the molecule is COc1nc(C2=C(O)C=C(O)CC2)nc(-c2cc3ccccc3c3c2CCC=C3)n1. The Morgan fingerprint density at radius 3 is 2.63 bits per heavy atom. The molecule has 2 aliphatic carbocycles. The molecule has 2 aliphatic rings. The molecule has 3 aromatic rings. The summed E-state index contributed by atoms with van der Waals surface area (Å²) in [6, 6.07) is 10.6. The molecule has 150 valence electrons. The summed E-state index contributed by atoms with van der Waals surface area (Å²) < 4.78 is 5.35. The van der Waals surface area contributed by atoms with Gasteiger partial charge in [0.05, 0.1) is 12.9 Å². The standard InChI is InChI=1S/C24H21N3O3/c1-30-24-26-22(19-11-10-15(28)13-21(19)29)25-23(27-24)20-12-14-6-2-3-7-16(14)17-8-4-5-9-18(17)20/h2-4,6-8,12-13,28-29H,5,9-11H2,1H3. The molecular weight excluding hydrogens is 378 g/mol. The number of rotatable bonds is 3. The van der Waals surface area contributed by atoms with Crippen molar-refractivity contribution in [2.24, 2.45) is 0 Å². The Bertz CT molecular complexity index is 1260. The van der Waals surface area contributed by atoms with Gasteiger partial charge in [-0.25, -0.2) is 4.98 Å². The van der Waals surface area contributed by atoms with Gasteiger partial charge in [-0.2, -0.15) is 9.97 Å². The van der Waals surface area contributed by atoms with E-state index >= 15 is 0 Å². The van der Waals surface area contributed by atoms with Crippen molar-refractivity contribution in [2.75, 3.05) is 7.11 Å². The third-order valence-corrected chi connectivity index (χ3v) is 5.60. The number of allylic oxidation sites excluding steroid dienone is 4.